The number of hydrogen-bond donors (Lipinski definition) is 0. The second-order valence-electron chi connectivity index (χ2n) is 4.79. The van der Waals surface area contributed by atoms with Crippen LogP contribution in [0.2, 0.25) is 0 Å². The first-order chi connectivity index (χ1) is 7.72. The summed E-state index contributed by atoms with van der Waals surface area (Å²) in [7, 11) is 0. The molecule has 3 heteroatoms. The molecule has 0 amide bonds. The van der Waals surface area contributed by atoms with E-state index in [9.17, 15) is 0 Å². The molecule has 88 valence electrons. The number of halogens is 1. The van der Waals surface area contributed by atoms with Crippen LogP contribution in [0.25, 0.3) is 0 Å². The molecule has 1 aliphatic rings. The third-order valence-corrected chi connectivity index (χ3v) is 3.71. The molecule has 0 radical (unpaired) electrons. The SMILES string of the molecule is CC1CCN(c2ncccc2CCl)C(C)C1. The van der Waals surface area contributed by atoms with Crippen molar-refractivity contribution < 1.29 is 0 Å². The van der Waals surface area contributed by atoms with Crippen molar-refractivity contribution in [2.75, 3.05) is 11.4 Å². The first kappa shape index (κ1) is 11.7. The van der Waals surface area contributed by atoms with Gasteiger partial charge in [0.25, 0.3) is 0 Å². The van der Waals surface area contributed by atoms with Crippen LogP contribution in [0.5, 0.6) is 0 Å². The van der Waals surface area contributed by atoms with Crippen LogP contribution in [0.3, 0.4) is 0 Å². The molecule has 1 aromatic heterocycles. The van der Waals surface area contributed by atoms with Crippen molar-refractivity contribution in [3.63, 3.8) is 0 Å². The Bertz CT molecular complexity index is 354. The highest BCUT2D eigenvalue weighted by molar-refractivity contribution is 6.17. The fraction of sp³-hybridized carbons (Fsp3) is 0.615. The lowest BCUT2D eigenvalue weighted by atomic mass is 9.93. The van der Waals surface area contributed by atoms with Crippen LogP contribution in [-0.4, -0.2) is 17.6 Å². The average molecular weight is 239 g/mol. The molecule has 1 fully saturated rings. The van der Waals surface area contributed by atoms with Crippen molar-refractivity contribution in [3.8, 4) is 0 Å². The Labute approximate surface area is 103 Å². The smallest absolute Gasteiger partial charge is 0.133 e. The van der Waals surface area contributed by atoms with E-state index in [4.69, 9.17) is 11.6 Å². The monoisotopic (exact) mass is 238 g/mol. The number of piperidine rings is 1. The lowest BCUT2D eigenvalue weighted by Gasteiger charge is -2.38. The Morgan fingerprint density at radius 1 is 1.50 bits per heavy atom. The molecule has 0 aromatic carbocycles. The van der Waals surface area contributed by atoms with Crippen molar-refractivity contribution in [2.24, 2.45) is 5.92 Å². The van der Waals surface area contributed by atoms with Gasteiger partial charge in [-0.1, -0.05) is 13.0 Å². The van der Waals surface area contributed by atoms with Gasteiger partial charge >= 0.3 is 0 Å². The number of hydrogen-bond acceptors (Lipinski definition) is 2. The molecule has 0 saturated carbocycles. The summed E-state index contributed by atoms with van der Waals surface area (Å²) in [6, 6.07) is 4.60. The molecule has 1 aromatic rings. The number of alkyl halides is 1. The largest absolute Gasteiger partial charge is 0.354 e. The maximum Gasteiger partial charge on any atom is 0.133 e. The van der Waals surface area contributed by atoms with Crippen molar-refractivity contribution in [1.29, 1.82) is 0 Å². The van der Waals surface area contributed by atoms with Gasteiger partial charge in [0.1, 0.15) is 5.82 Å². The van der Waals surface area contributed by atoms with Crippen molar-refractivity contribution >= 4 is 17.4 Å². The Kier molecular flexibility index (Phi) is 3.70. The van der Waals surface area contributed by atoms with E-state index in [1.54, 1.807) is 0 Å². The Morgan fingerprint density at radius 3 is 3.00 bits per heavy atom. The molecule has 1 saturated heterocycles. The minimum absolute atomic E-state index is 0.544. The number of anilines is 1. The molecule has 0 spiro atoms. The van der Waals surface area contributed by atoms with E-state index in [0.29, 0.717) is 11.9 Å². The first-order valence-corrected chi connectivity index (χ1v) is 6.52. The van der Waals surface area contributed by atoms with Crippen molar-refractivity contribution in [2.45, 2.75) is 38.6 Å². The van der Waals surface area contributed by atoms with Gasteiger partial charge in [-0.15, -0.1) is 11.6 Å². The summed E-state index contributed by atoms with van der Waals surface area (Å²) < 4.78 is 0. The van der Waals surface area contributed by atoms with E-state index in [1.807, 2.05) is 12.3 Å². The number of pyridine rings is 1. The molecule has 2 heterocycles. The third-order valence-electron chi connectivity index (χ3n) is 3.42. The zero-order valence-corrected chi connectivity index (χ0v) is 10.7. The van der Waals surface area contributed by atoms with Crippen LogP contribution in [-0.2, 0) is 5.88 Å². The second kappa shape index (κ2) is 5.05. The van der Waals surface area contributed by atoms with Crippen LogP contribution in [0, 0.1) is 5.92 Å². The van der Waals surface area contributed by atoms with Crippen LogP contribution in [0.15, 0.2) is 18.3 Å². The first-order valence-electron chi connectivity index (χ1n) is 5.99. The number of rotatable bonds is 2. The van der Waals surface area contributed by atoms with E-state index < -0.39 is 0 Å². The Balaban J connectivity index is 2.23. The van der Waals surface area contributed by atoms with Crippen LogP contribution in [0.4, 0.5) is 5.82 Å². The van der Waals surface area contributed by atoms with Crippen molar-refractivity contribution in [1.82, 2.24) is 4.98 Å². The molecule has 2 unspecified atom stereocenters. The highest BCUT2D eigenvalue weighted by atomic mass is 35.5. The molecular formula is C13H19ClN2. The summed E-state index contributed by atoms with van der Waals surface area (Å²) in [5.74, 6) is 2.45. The van der Waals surface area contributed by atoms with Gasteiger partial charge in [-0.25, -0.2) is 4.98 Å². The number of nitrogens with zero attached hydrogens (tertiary/aromatic N) is 2. The minimum atomic E-state index is 0.544. The molecule has 2 nitrogen and oxygen atoms in total. The summed E-state index contributed by atoms with van der Waals surface area (Å²) in [4.78, 5) is 6.89. The van der Waals surface area contributed by atoms with Gasteiger partial charge in [-0.2, -0.15) is 0 Å². The van der Waals surface area contributed by atoms with Gasteiger partial charge in [-0.05, 0) is 31.7 Å². The van der Waals surface area contributed by atoms with Crippen LogP contribution in [0.1, 0.15) is 32.3 Å². The maximum absolute atomic E-state index is 5.96. The average Bonchev–Trinajstić information content (AvgIpc) is 2.29. The standard InChI is InChI=1S/C13H19ClN2/c1-10-5-7-16(11(2)8-10)13-12(9-14)4-3-6-15-13/h3-4,6,10-11H,5,7-9H2,1-2H3. The third kappa shape index (κ3) is 2.32. The summed E-state index contributed by atoms with van der Waals surface area (Å²) in [6.45, 7) is 5.71. The molecular weight excluding hydrogens is 220 g/mol. The van der Waals surface area contributed by atoms with Gasteiger partial charge < -0.3 is 4.90 Å². The second-order valence-corrected chi connectivity index (χ2v) is 5.06. The lowest BCUT2D eigenvalue weighted by Crippen LogP contribution is -2.41. The zero-order chi connectivity index (χ0) is 11.5. The molecule has 1 aliphatic heterocycles. The summed E-state index contributed by atoms with van der Waals surface area (Å²) in [6.07, 6.45) is 4.36. The van der Waals surface area contributed by atoms with Crippen molar-refractivity contribution in [3.05, 3.63) is 23.9 Å². The predicted octanol–water partition coefficient (Wildman–Crippen LogP) is 3.45. The maximum atomic E-state index is 5.96. The minimum Gasteiger partial charge on any atom is -0.354 e. The molecule has 0 bridgehead atoms. The highest BCUT2D eigenvalue weighted by Gasteiger charge is 2.24. The fourth-order valence-electron chi connectivity index (χ4n) is 2.52. The lowest BCUT2D eigenvalue weighted by molar-refractivity contribution is 0.375. The summed E-state index contributed by atoms with van der Waals surface area (Å²) in [5.41, 5.74) is 1.14. The van der Waals surface area contributed by atoms with Gasteiger partial charge in [0.15, 0.2) is 0 Å². The predicted molar refractivity (Wildman–Crippen MR) is 69.0 cm³/mol. The molecule has 0 N–H and O–H groups in total. The van der Waals surface area contributed by atoms with E-state index >= 15 is 0 Å². The van der Waals surface area contributed by atoms with E-state index in [2.05, 4.69) is 29.8 Å². The van der Waals surface area contributed by atoms with Gasteiger partial charge in [0.2, 0.25) is 0 Å². The molecule has 16 heavy (non-hydrogen) atoms. The Morgan fingerprint density at radius 2 is 2.31 bits per heavy atom. The van der Waals surface area contributed by atoms with Crippen LogP contribution >= 0.6 is 11.6 Å². The summed E-state index contributed by atoms with van der Waals surface area (Å²) >= 11 is 5.96. The normalized spacial score (nSPS) is 25.8. The fourth-order valence-corrected chi connectivity index (χ4v) is 2.72. The van der Waals surface area contributed by atoms with Gasteiger partial charge in [0.05, 0.1) is 5.88 Å². The van der Waals surface area contributed by atoms with E-state index in [1.165, 1.54) is 12.8 Å². The van der Waals surface area contributed by atoms with Gasteiger partial charge in [0, 0.05) is 24.3 Å². The highest BCUT2D eigenvalue weighted by Crippen LogP contribution is 2.29. The van der Waals surface area contributed by atoms with E-state index in [0.717, 1.165) is 23.8 Å². The summed E-state index contributed by atoms with van der Waals surface area (Å²) in [5, 5.41) is 0. The number of aromatic nitrogens is 1. The van der Waals surface area contributed by atoms with E-state index in [-0.39, 0.29) is 0 Å². The molecule has 0 aliphatic carbocycles. The molecule has 2 atom stereocenters. The Hall–Kier alpha value is -0.760. The quantitative estimate of drug-likeness (QED) is 0.734. The topological polar surface area (TPSA) is 16.1 Å². The molecule has 2 rings (SSSR count). The van der Waals surface area contributed by atoms with Gasteiger partial charge in [-0.3, -0.25) is 0 Å². The van der Waals surface area contributed by atoms with Crippen LogP contribution < -0.4 is 4.90 Å². The zero-order valence-electron chi connectivity index (χ0n) is 9.99.